The molecule has 0 radical (unpaired) electrons. The lowest BCUT2D eigenvalue weighted by Crippen LogP contribution is -2.37. The minimum absolute atomic E-state index is 0.0657. The van der Waals surface area contributed by atoms with Crippen molar-refractivity contribution in [2.24, 2.45) is 0 Å². The summed E-state index contributed by atoms with van der Waals surface area (Å²) < 4.78 is 18.8. The highest BCUT2D eigenvalue weighted by molar-refractivity contribution is 6.31. The summed E-state index contributed by atoms with van der Waals surface area (Å²) in [7, 11) is 0. The topological polar surface area (TPSA) is 62.3 Å². The molecule has 2 aromatic carbocycles. The van der Waals surface area contributed by atoms with Gasteiger partial charge in [-0.05, 0) is 49.4 Å². The average Bonchev–Trinajstić information content (AvgIpc) is 2.75. The van der Waals surface area contributed by atoms with E-state index in [4.69, 9.17) is 16.3 Å². The molecule has 1 fully saturated rings. The van der Waals surface area contributed by atoms with Crippen molar-refractivity contribution >= 4 is 39.7 Å². The second-order valence-corrected chi connectivity index (χ2v) is 7.35. The first-order valence-electron chi connectivity index (χ1n) is 9.70. The number of rotatable bonds is 7. The minimum Gasteiger partial charge on any atom is -0.385 e. The molecule has 1 saturated heterocycles. The zero-order valence-electron chi connectivity index (χ0n) is 16.0. The Morgan fingerprint density at radius 3 is 2.72 bits per heavy atom. The Hall–Kier alpha value is -2.48. The van der Waals surface area contributed by atoms with Crippen molar-refractivity contribution in [1.29, 1.82) is 0 Å². The molecule has 29 heavy (non-hydrogen) atoms. The van der Waals surface area contributed by atoms with Crippen molar-refractivity contribution in [2.45, 2.75) is 6.42 Å². The van der Waals surface area contributed by atoms with Gasteiger partial charge >= 0.3 is 0 Å². The number of morpholine rings is 1. The summed E-state index contributed by atoms with van der Waals surface area (Å²) in [5.41, 5.74) is 2.50. The molecule has 1 aromatic heterocycles. The van der Waals surface area contributed by atoms with E-state index in [1.807, 2.05) is 18.2 Å². The lowest BCUT2D eigenvalue weighted by atomic mass is 10.2. The average molecular weight is 416 g/mol. The number of nitrogens with one attached hydrogen (secondary N) is 2. The summed E-state index contributed by atoms with van der Waals surface area (Å²) >= 11 is 5.88. The first-order chi connectivity index (χ1) is 14.2. The number of halogens is 2. The van der Waals surface area contributed by atoms with Gasteiger partial charge in [-0.25, -0.2) is 14.4 Å². The molecule has 0 amide bonds. The minimum atomic E-state index is -0.451. The van der Waals surface area contributed by atoms with Crippen LogP contribution >= 0.6 is 11.6 Å². The number of ether oxygens (including phenoxy) is 1. The van der Waals surface area contributed by atoms with Crippen LogP contribution in [0.25, 0.3) is 10.9 Å². The van der Waals surface area contributed by atoms with Gasteiger partial charge < -0.3 is 15.4 Å². The van der Waals surface area contributed by atoms with Gasteiger partial charge in [-0.15, -0.1) is 0 Å². The molecule has 0 atom stereocenters. The molecule has 0 unspecified atom stereocenters. The van der Waals surface area contributed by atoms with Crippen LogP contribution < -0.4 is 10.6 Å². The van der Waals surface area contributed by atoms with Gasteiger partial charge in [0, 0.05) is 36.4 Å². The standard InChI is InChI=1S/C21H23ClFN5O/c22-18-13-16(2-4-19(18)23)27-21-17-12-15(3-5-20(17)25-14-26-21)24-6-1-7-28-8-10-29-11-9-28/h2-5,12-14,24H,1,6-11H2,(H,25,26,27). The van der Waals surface area contributed by atoms with E-state index < -0.39 is 5.82 Å². The molecule has 8 heteroatoms. The molecule has 1 aliphatic rings. The number of nitrogens with zero attached hydrogens (tertiary/aromatic N) is 3. The summed E-state index contributed by atoms with van der Waals surface area (Å²) in [4.78, 5) is 11.1. The van der Waals surface area contributed by atoms with Gasteiger partial charge in [-0.3, -0.25) is 4.90 Å². The fourth-order valence-electron chi connectivity index (χ4n) is 3.34. The van der Waals surface area contributed by atoms with E-state index in [-0.39, 0.29) is 5.02 Å². The summed E-state index contributed by atoms with van der Waals surface area (Å²) in [6.45, 7) is 5.61. The molecule has 2 N–H and O–H groups in total. The molecule has 0 aliphatic carbocycles. The maximum atomic E-state index is 13.4. The second-order valence-electron chi connectivity index (χ2n) is 6.94. The van der Waals surface area contributed by atoms with Crippen molar-refractivity contribution in [1.82, 2.24) is 14.9 Å². The molecule has 6 nitrogen and oxygen atoms in total. The Kier molecular flexibility index (Phi) is 6.39. The van der Waals surface area contributed by atoms with Gasteiger partial charge in [0.2, 0.25) is 0 Å². The van der Waals surface area contributed by atoms with Crippen LogP contribution in [0.15, 0.2) is 42.7 Å². The Labute approximate surface area is 174 Å². The van der Waals surface area contributed by atoms with Crippen LogP contribution in [-0.4, -0.2) is 54.3 Å². The van der Waals surface area contributed by atoms with Gasteiger partial charge in [0.1, 0.15) is 18.0 Å². The Balaban J connectivity index is 1.43. The molecule has 0 spiro atoms. The Morgan fingerprint density at radius 2 is 1.90 bits per heavy atom. The van der Waals surface area contributed by atoms with Crippen LogP contribution in [-0.2, 0) is 4.74 Å². The number of hydrogen-bond donors (Lipinski definition) is 2. The smallest absolute Gasteiger partial charge is 0.141 e. The lowest BCUT2D eigenvalue weighted by Gasteiger charge is -2.26. The van der Waals surface area contributed by atoms with Gasteiger partial charge in [0.05, 0.1) is 23.8 Å². The maximum absolute atomic E-state index is 13.4. The Morgan fingerprint density at radius 1 is 1.07 bits per heavy atom. The van der Waals surface area contributed by atoms with E-state index >= 15 is 0 Å². The SMILES string of the molecule is Fc1ccc(Nc2ncnc3ccc(NCCCN4CCOCC4)cc23)cc1Cl. The van der Waals surface area contributed by atoms with Crippen LogP contribution in [0, 0.1) is 5.82 Å². The van der Waals surface area contributed by atoms with E-state index in [0.717, 1.165) is 62.4 Å². The van der Waals surface area contributed by atoms with Gasteiger partial charge in [0.25, 0.3) is 0 Å². The quantitative estimate of drug-likeness (QED) is 0.561. The third-order valence-corrected chi connectivity index (χ3v) is 5.19. The monoisotopic (exact) mass is 415 g/mol. The van der Waals surface area contributed by atoms with Gasteiger partial charge in [0.15, 0.2) is 0 Å². The fraction of sp³-hybridized carbons (Fsp3) is 0.333. The van der Waals surface area contributed by atoms with Crippen molar-refractivity contribution in [3.63, 3.8) is 0 Å². The third-order valence-electron chi connectivity index (χ3n) is 4.90. The Bertz CT molecular complexity index is 980. The molecule has 1 aliphatic heterocycles. The molecular formula is C21H23ClFN5O. The van der Waals surface area contributed by atoms with Crippen molar-refractivity contribution < 1.29 is 9.13 Å². The number of fused-ring (bicyclic) bond motifs is 1. The molecular weight excluding hydrogens is 393 g/mol. The van der Waals surface area contributed by atoms with Crippen molar-refractivity contribution in [2.75, 3.05) is 50.0 Å². The fourth-order valence-corrected chi connectivity index (χ4v) is 3.52. The highest BCUT2D eigenvalue weighted by Gasteiger charge is 2.10. The summed E-state index contributed by atoms with van der Waals surface area (Å²) in [6, 6.07) is 10.5. The van der Waals surface area contributed by atoms with Crippen LogP contribution in [0.1, 0.15) is 6.42 Å². The zero-order chi connectivity index (χ0) is 20.1. The summed E-state index contributed by atoms with van der Waals surface area (Å²) in [6.07, 6.45) is 2.56. The summed E-state index contributed by atoms with van der Waals surface area (Å²) in [5, 5.41) is 7.62. The first-order valence-corrected chi connectivity index (χ1v) is 10.1. The largest absolute Gasteiger partial charge is 0.385 e. The van der Waals surface area contributed by atoms with Crippen molar-refractivity contribution in [3.05, 3.63) is 53.6 Å². The van der Waals surface area contributed by atoms with Crippen LogP contribution in [0.5, 0.6) is 0 Å². The van der Waals surface area contributed by atoms with Crippen molar-refractivity contribution in [3.8, 4) is 0 Å². The predicted octanol–water partition coefficient (Wildman–Crippen LogP) is 4.30. The van der Waals surface area contributed by atoms with Crippen LogP contribution in [0.3, 0.4) is 0 Å². The van der Waals surface area contributed by atoms with E-state index in [1.165, 1.54) is 12.4 Å². The maximum Gasteiger partial charge on any atom is 0.141 e. The van der Waals surface area contributed by atoms with E-state index in [2.05, 4.69) is 25.5 Å². The third kappa shape index (κ3) is 5.12. The number of aromatic nitrogens is 2. The highest BCUT2D eigenvalue weighted by Crippen LogP contribution is 2.27. The van der Waals surface area contributed by atoms with E-state index in [1.54, 1.807) is 12.1 Å². The molecule has 0 bridgehead atoms. The zero-order valence-corrected chi connectivity index (χ0v) is 16.8. The number of anilines is 3. The molecule has 3 aromatic rings. The van der Waals surface area contributed by atoms with Gasteiger partial charge in [-0.1, -0.05) is 11.6 Å². The first kappa shape index (κ1) is 19.8. The van der Waals surface area contributed by atoms with E-state index in [9.17, 15) is 4.39 Å². The molecule has 152 valence electrons. The van der Waals surface area contributed by atoms with Crippen LogP contribution in [0.4, 0.5) is 21.6 Å². The number of benzene rings is 2. The number of hydrogen-bond acceptors (Lipinski definition) is 6. The molecule has 0 saturated carbocycles. The predicted molar refractivity (Wildman–Crippen MR) is 115 cm³/mol. The molecule has 2 heterocycles. The van der Waals surface area contributed by atoms with Crippen LogP contribution in [0.2, 0.25) is 5.02 Å². The van der Waals surface area contributed by atoms with Gasteiger partial charge in [-0.2, -0.15) is 0 Å². The summed E-state index contributed by atoms with van der Waals surface area (Å²) in [5.74, 6) is 0.197. The highest BCUT2D eigenvalue weighted by atomic mass is 35.5. The normalized spacial score (nSPS) is 14.8. The van der Waals surface area contributed by atoms with E-state index in [0.29, 0.717) is 11.5 Å². The lowest BCUT2D eigenvalue weighted by molar-refractivity contribution is 0.0378. The second kappa shape index (κ2) is 9.35. The molecule has 4 rings (SSSR count).